The van der Waals surface area contributed by atoms with Crippen molar-refractivity contribution < 1.29 is 29.1 Å². The van der Waals surface area contributed by atoms with Crippen molar-refractivity contribution in [3.63, 3.8) is 0 Å². The summed E-state index contributed by atoms with van der Waals surface area (Å²) in [5, 5.41) is 17.4. The topological polar surface area (TPSA) is 171 Å². The maximum atomic E-state index is 13.2. The van der Waals surface area contributed by atoms with Gasteiger partial charge in [-0.1, -0.05) is 44.2 Å². The Balaban J connectivity index is 3.03. The first kappa shape index (κ1) is 32.7. The van der Waals surface area contributed by atoms with Gasteiger partial charge in [0.2, 0.25) is 17.6 Å². The monoisotopic (exact) mass is 533 g/mol. The number of rotatable bonds is 18. The summed E-state index contributed by atoms with van der Waals surface area (Å²) in [6.45, 7) is 4.50. The molecule has 0 radical (unpaired) electrons. The van der Waals surface area contributed by atoms with Crippen LogP contribution in [0.3, 0.4) is 0 Å². The van der Waals surface area contributed by atoms with Crippen LogP contribution in [0.1, 0.15) is 57.9 Å². The molecule has 6 N–H and O–H groups in total. The lowest BCUT2D eigenvalue weighted by atomic mass is 10.0. The van der Waals surface area contributed by atoms with Crippen LogP contribution in [0, 0.1) is 5.92 Å². The van der Waals surface area contributed by atoms with E-state index in [0.717, 1.165) is 5.56 Å². The van der Waals surface area contributed by atoms with Crippen LogP contribution in [-0.4, -0.2) is 78.2 Å². The number of nitrogens with two attached hydrogens (primary N) is 1. The van der Waals surface area contributed by atoms with Crippen LogP contribution in [0.15, 0.2) is 30.3 Å². The highest BCUT2D eigenvalue weighted by Crippen LogP contribution is 2.10. The molecule has 1 rings (SSSR count). The molecule has 0 bridgehead atoms. The van der Waals surface area contributed by atoms with Crippen molar-refractivity contribution in [1.82, 2.24) is 20.9 Å². The lowest BCUT2D eigenvalue weighted by Crippen LogP contribution is -2.55. The van der Waals surface area contributed by atoms with Gasteiger partial charge in [-0.3, -0.25) is 24.0 Å². The highest BCUT2D eigenvalue weighted by molar-refractivity contribution is 6.38. The van der Waals surface area contributed by atoms with Gasteiger partial charge in [-0.2, -0.15) is 0 Å². The molecule has 11 heteroatoms. The Bertz CT molecular complexity index is 922. The number of amides is 3. The summed E-state index contributed by atoms with van der Waals surface area (Å²) in [7, 11) is 3.14. The van der Waals surface area contributed by atoms with Crippen LogP contribution in [-0.2, 0) is 30.5 Å². The Hall–Kier alpha value is -3.31. The van der Waals surface area contributed by atoms with E-state index in [4.69, 9.17) is 10.8 Å². The summed E-state index contributed by atoms with van der Waals surface area (Å²) in [6.07, 6.45) is 1.35. The molecule has 0 spiro atoms. The van der Waals surface area contributed by atoms with Gasteiger partial charge in [-0.25, -0.2) is 0 Å². The van der Waals surface area contributed by atoms with Crippen LogP contribution in [0.5, 0.6) is 0 Å². The number of nitrogens with one attached hydrogen (secondary N) is 3. The Kier molecular flexibility index (Phi) is 14.8. The molecule has 0 aliphatic heterocycles. The number of benzene rings is 1. The fourth-order valence-electron chi connectivity index (χ4n) is 3.86. The number of unbranched alkanes of at least 4 members (excludes halogenated alkanes) is 1. The van der Waals surface area contributed by atoms with Crippen molar-refractivity contribution in [3.8, 4) is 0 Å². The van der Waals surface area contributed by atoms with E-state index >= 15 is 0 Å². The molecule has 0 saturated heterocycles. The predicted octanol–water partition coefficient (Wildman–Crippen LogP) is 0.812. The van der Waals surface area contributed by atoms with Crippen molar-refractivity contribution in [3.05, 3.63) is 35.9 Å². The summed E-state index contributed by atoms with van der Waals surface area (Å²) in [5.74, 6) is -3.70. The standard InChI is InChI=1S/C27H43N5O6/c1-18(2)16-22(27(38)32(3)4)31-26(37)24(35)20(12-8-9-15-28)30-25(36)21(13-14-23(33)34)29-17-19-10-6-5-7-11-19/h5-7,10-11,18,20-22,29H,8-9,12-17,28H2,1-4H3,(H,30,36)(H,31,37)(H,33,34)/t20-,21?,22-/m0/s1. The quantitative estimate of drug-likeness (QED) is 0.136. The highest BCUT2D eigenvalue weighted by atomic mass is 16.4. The SMILES string of the molecule is CC(C)C[C@H](NC(=O)C(=O)[C@H](CCCCN)NC(=O)C(CCC(=O)O)NCc1ccccc1)C(=O)N(C)C. The number of likely N-dealkylation sites (N-methyl/N-ethyl adjacent to an activating group) is 1. The Morgan fingerprint density at radius 1 is 0.921 bits per heavy atom. The van der Waals surface area contributed by atoms with Gasteiger partial charge in [-0.05, 0) is 50.1 Å². The van der Waals surface area contributed by atoms with Gasteiger partial charge < -0.3 is 31.7 Å². The van der Waals surface area contributed by atoms with Crippen LogP contribution >= 0.6 is 0 Å². The van der Waals surface area contributed by atoms with Crippen LogP contribution in [0.2, 0.25) is 0 Å². The number of carboxylic acids is 1. The average molecular weight is 534 g/mol. The van der Waals surface area contributed by atoms with Gasteiger partial charge in [-0.15, -0.1) is 0 Å². The van der Waals surface area contributed by atoms with E-state index in [-0.39, 0.29) is 31.1 Å². The fraction of sp³-hybridized carbons (Fsp3) is 0.593. The minimum atomic E-state index is -1.14. The normalized spacial score (nSPS) is 13.3. The second kappa shape index (κ2) is 17.2. The third-order valence-corrected chi connectivity index (χ3v) is 5.91. The zero-order chi connectivity index (χ0) is 28.7. The Morgan fingerprint density at radius 2 is 1.58 bits per heavy atom. The molecule has 1 aromatic carbocycles. The van der Waals surface area contributed by atoms with Gasteiger partial charge in [0.05, 0.1) is 12.1 Å². The van der Waals surface area contributed by atoms with Crippen LogP contribution < -0.4 is 21.7 Å². The molecule has 0 fully saturated rings. The summed E-state index contributed by atoms with van der Waals surface area (Å²) in [5.41, 5.74) is 6.48. The molecule has 1 unspecified atom stereocenters. The smallest absolute Gasteiger partial charge is 0.303 e. The second-order valence-corrected chi connectivity index (χ2v) is 9.95. The van der Waals surface area contributed by atoms with E-state index in [1.807, 2.05) is 44.2 Å². The van der Waals surface area contributed by atoms with Crippen LogP contribution in [0.25, 0.3) is 0 Å². The Labute approximate surface area is 224 Å². The third kappa shape index (κ3) is 12.3. The van der Waals surface area contributed by atoms with Crippen molar-refractivity contribution in [2.45, 2.75) is 77.0 Å². The minimum Gasteiger partial charge on any atom is -0.481 e. The van der Waals surface area contributed by atoms with Crippen molar-refractivity contribution >= 4 is 29.5 Å². The van der Waals surface area contributed by atoms with Gasteiger partial charge in [0.1, 0.15) is 6.04 Å². The zero-order valence-corrected chi connectivity index (χ0v) is 22.9. The largest absolute Gasteiger partial charge is 0.481 e. The second-order valence-electron chi connectivity index (χ2n) is 9.95. The number of hydrogen-bond acceptors (Lipinski definition) is 7. The zero-order valence-electron chi connectivity index (χ0n) is 22.9. The molecule has 0 aliphatic rings. The molecular weight excluding hydrogens is 490 g/mol. The molecule has 212 valence electrons. The van der Waals surface area contributed by atoms with Crippen molar-refractivity contribution in [2.75, 3.05) is 20.6 Å². The molecule has 3 amide bonds. The van der Waals surface area contributed by atoms with Crippen LogP contribution in [0.4, 0.5) is 0 Å². The molecule has 0 aliphatic carbocycles. The molecule has 0 aromatic heterocycles. The molecule has 3 atom stereocenters. The molecule has 11 nitrogen and oxygen atoms in total. The summed E-state index contributed by atoms with van der Waals surface area (Å²) >= 11 is 0. The molecule has 1 aromatic rings. The number of carbonyl (C=O) groups excluding carboxylic acids is 4. The van der Waals surface area contributed by atoms with Crippen molar-refractivity contribution in [1.29, 1.82) is 0 Å². The number of hydrogen-bond donors (Lipinski definition) is 5. The predicted molar refractivity (Wildman–Crippen MR) is 144 cm³/mol. The van der Waals surface area contributed by atoms with E-state index in [1.165, 1.54) is 4.90 Å². The lowest BCUT2D eigenvalue weighted by molar-refractivity contribution is -0.143. The molecule has 0 saturated carbocycles. The number of carboxylic acid groups (broad SMARTS) is 1. The third-order valence-electron chi connectivity index (χ3n) is 5.91. The summed E-state index contributed by atoms with van der Waals surface area (Å²) in [6, 6.07) is 6.37. The van der Waals surface area contributed by atoms with Gasteiger partial charge in [0, 0.05) is 27.1 Å². The van der Waals surface area contributed by atoms with Crippen molar-refractivity contribution in [2.24, 2.45) is 11.7 Å². The number of carbonyl (C=O) groups is 5. The maximum Gasteiger partial charge on any atom is 0.303 e. The fourth-order valence-corrected chi connectivity index (χ4v) is 3.86. The molecule has 0 heterocycles. The molecular formula is C27H43N5O6. The van der Waals surface area contributed by atoms with E-state index in [9.17, 15) is 24.0 Å². The minimum absolute atomic E-state index is 0.00228. The van der Waals surface area contributed by atoms with Gasteiger partial charge in [0.25, 0.3) is 5.91 Å². The Morgan fingerprint density at radius 3 is 2.13 bits per heavy atom. The summed E-state index contributed by atoms with van der Waals surface area (Å²) < 4.78 is 0. The molecule has 38 heavy (non-hydrogen) atoms. The lowest BCUT2D eigenvalue weighted by Gasteiger charge is -2.25. The first-order valence-corrected chi connectivity index (χ1v) is 13.0. The number of Topliss-reactive ketones (excluding diaryl/α,β-unsaturated/α-hetero) is 1. The summed E-state index contributed by atoms with van der Waals surface area (Å²) in [4.78, 5) is 64.3. The number of aliphatic carboxylic acids is 1. The highest BCUT2D eigenvalue weighted by Gasteiger charge is 2.32. The van der Waals surface area contributed by atoms with Gasteiger partial charge >= 0.3 is 5.97 Å². The number of ketones is 1. The van der Waals surface area contributed by atoms with E-state index in [2.05, 4.69) is 16.0 Å². The first-order valence-electron chi connectivity index (χ1n) is 13.0. The van der Waals surface area contributed by atoms with E-state index < -0.39 is 41.7 Å². The average Bonchev–Trinajstić information content (AvgIpc) is 2.86. The van der Waals surface area contributed by atoms with E-state index in [1.54, 1.807) is 14.1 Å². The maximum absolute atomic E-state index is 13.2. The first-order chi connectivity index (χ1) is 18.0. The van der Waals surface area contributed by atoms with E-state index in [0.29, 0.717) is 32.4 Å². The van der Waals surface area contributed by atoms with Gasteiger partial charge in [0.15, 0.2) is 0 Å². The number of nitrogens with zero attached hydrogens (tertiary/aromatic N) is 1.